The van der Waals surface area contributed by atoms with E-state index in [1.165, 1.54) is 11.1 Å². The molecule has 100 valence electrons. The van der Waals surface area contributed by atoms with E-state index in [1.807, 2.05) is 18.2 Å². The zero-order valence-corrected chi connectivity index (χ0v) is 13.8. The Morgan fingerprint density at radius 3 is 2.58 bits per heavy atom. The molecule has 0 saturated heterocycles. The number of halogens is 3. The molecule has 0 saturated carbocycles. The van der Waals surface area contributed by atoms with Crippen molar-refractivity contribution in [1.82, 2.24) is 0 Å². The summed E-state index contributed by atoms with van der Waals surface area (Å²) >= 11 is 15.9. The number of rotatable bonds is 4. The summed E-state index contributed by atoms with van der Waals surface area (Å²) in [5.41, 5.74) is 3.70. The predicted octanol–water partition coefficient (Wildman–Crippen LogP) is 6.02. The zero-order chi connectivity index (χ0) is 13.8. The Bertz CT molecular complexity index is 566. The second kappa shape index (κ2) is 6.78. The smallest absolute Gasteiger partial charge is 0.0439 e. The maximum atomic E-state index is 6.24. The summed E-state index contributed by atoms with van der Waals surface area (Å²) in [6.07, 6.45) is 0.883. The topological polar surface area (TPSA) is 0 Å². The fourth-order valence-electron chi connectivity index (χ4n) is 2.15. The van der Waals surface area contributed by atoms with Gasteiger partial charge in [0.2, 0.25) is 0 Å². The molecule has 0 nitrogen and oxygen atoms in total. The Balaban J connectivity index is 2.26. The molecule has 0 aliphatic carbocycles. The standard InChI is InChI=1S/C16H15BrCl2/c1-11-3-2-4-12(7-11)14(10-17)8-13-9-15(18)5-6-16(13)19/h2-7,9,14H,8,10H2,1H3. The highest BCUT2D eigenvalue weighted by Crippen LogP contribution is 2.29. The van der Waals surface area contributed by atoms with Crippen molar-refractivity contribution in [3.05, 3.63) is 69.2 Å². The summed E-state index contributed by atoms with van der Waals surface area (Å²) < 4.78 is 0. The minimum atomic E-state index is 0.399. The van der Waals surface area contributed by atoms with Gasteiger partial charge in [-0.3, -0.25) is 0 Å². The highest BCUT2D eigenvalue weighted by atomic mass is 79.9. The van der Waals surface area contributed by atoms with E-state index >= 15 is 0 Å². The first kappa shape index (κ1) is 14.9. The second-order valence-corrected chi connectivity index (χ2v) is 6.20. The molecule has 0 N–H and O–H groups in total. The fourth-order valence-corrected chi connectivity index (χ4v) is 3.14. The minimum Gasteiger partial charge on any atom is -0.0921 e. The van der Waals surface area contributed by atoms with Crippen molar-refractivity contribution >= 4 is 39.1 Å². The normalized spacial score (nSPS) is 12.4. The Morgan fingerprint density at radius 1 is 1.11 bits per heavy atom. The van der Waals surface area contributed by atoms with Crippen LogP contribution in [0.15, 0.2) is 42.5 Å². The van der Waals surface area contributed by atoms with Gasteiger partial charge in [-0.2, -0.15) is 0 Å². The van der Waals surface area contributed by atoms with Crippen LogP contribution in [0.2, 0.25) is 10.0 Å². The fraction of sp³-hybridized carbons (Fsp3) is 0.250. The van der Waals surface area contributed by atoms with Crippen molar-refractivity contribution in [3.63, 3.8) is 0 Å². The van der Waals surface area contributed by atoms with E-state index in [2.05, 4.69) is 47.1 Å². The van der Waals surface area contributed by atoms with Crippen molar-refractivity contribution in [3.8, 4) is 0 Å². The molecule has 2 rings (SSSR count). The van der Waals surface area contributed by atoms with E-state index in [-0.39, 0.29) is 0 Å². The van der Waals surface area contributed by atoms with Crippen LogP contribution in [0, 0.1) is 6.92 Å². The van der Waals surface area contributed by atoms with Gasteiger partial charge >= 0.3 is 0 Å². The summed E-state index contributed by atoms with van der Waals surface area (Å²) in [4.78, 5) is 0. The molecule has 19 heavy (non-hydrogen) atoms. The first-order chi connectivity index (χ1) is 9.10. The summed E-state index contributed by atoms with van der Waals surface area (Å²) in [7, 11) is 0. The molecular formula is C16H15BrCl2. The minimum absolute atomic E-state index is 0.399. The van der Waals surface area contributed by atoms with Gasteiger partial charge in [0.25, 0.3) is 0 Å². The average Bonchev–Trinajstić information content (AvgIpc) is 2.39. The first-order valence-corrected chi connectivity index (χ1v) is 8.04. The van der Waals surface area contributed by atoms with Crippen LogP contribution in [0.4, 0.5) is 0 Å². The van der Waals surface area contributed by atoms with Gasteiger partial charge in [-0.1, -0.05) is 69.0 Å². The molecule has 0 fully saturated rings. The van der Waals surface area contributed by atoms with Crippen molar-refractivity contribution in [2.45, 2.75) is 19.3 Å². The Labute approximate surface area is 132 Å². The monoisotopic (exact) mass is 356 g/mol. The van der Waals surface area contributed by atoms with E-state index in [1.54, 1.807) is 0 Å². The highest BCUT2D eigenvalue weighted by molar-refractivity contribution is 9.09. The van der Waals surface area contributed by atoms with Crippen molar-refractivity contribution in [2.75, 3.05) is 5.33 Å². The SMILES string of the molecule is Cc1cccc(C(CBr)Cc2cc(Cl)ccc2Cl)c1. The van der Waals surface area contributed by atoms with Crippen LogP contribution in [0.3, 0.4) is 0 Å². The van der Waals surface area contributed by atoms with Gasteiger partial charge in [-0.05, 0) is 48.6 Å². The van der Waals surface area contributed by atoms with Gasteiger partial charge in [0, 0.05) is 15.4 Å². The van der Waals surface area contributed by atoms with E-state index in [9.17, 15) is 0 Å². The van der Waals surface area contributed by atoms with Crippen LogP contribution in [0.5, 0.6) is 0 Å². The molecule has 2 aromatic carbocycles. The largest absolute Gasteiger partial charge is 0.0921 e. The van der Waals surface area contributed by atoms with Gasteiger partial charge in [-0.25, -0.2) is 0 Å². The van der Waals surface area contributed by atoms with Crippen LogP contribution in [0.1, 0.15) is 22.6 Å². The summed E-state index contributed by atoms with van der Waals surface area (Å²) in [6.45, 7) is 2.11. The lowest BCUT2D eigenvalue weighted by Gasteiger charge is -2.16. The van der Waals surface area contributed by atoms with Crippen molar-refractivity contribution in [1.29, 1.82) is 0 Å². The number of alkyl halides is 1. The maximum Gasteiger partial charge on any atom is 0.0439 e. The molecule has 0 radical (unpaired) electrons. The highest BCUT2D eigenvalue weighted by Gasteiger charge is 2.13. The predicted molar refractivity (Wildman–Crippen MR) is 87.9 cm³/mol. The Kier molecular flexibility index (Phi) is 5.32. The van der Waals surface area contributed by atoms with Gasteiger partial charge < -0.3 is 0 Å². The number of aryl methyl sites for hydroxylation is 1. The third kappa shape index (κ3) is 3.98. The van der Waals surface area contributed by atoms with E-state index in [0.29, 0.717) is 5.92 Å². The second-order valence-electron chi connectivity index (χ2n) is 4.71. The van der Waals surface area contributed by atoms with Crippen LogP contribution >= 0.6 is 39.1 Å². The number of hydrogen-bond acceptors (Lipinski definition) is 0. The van der Waals surface area contributed by atoms with Crippen LogP contribution in [-0.2, 0) is 6.42 Å². The molecule has 3 heteroatoms. The molecule has 0 aliphatic heterocycles. The molecular weight excluding hydrogens is 343 g/mol. The quantitative estimate of drug-likeness (QED) is 0.586. The molecule has 1 atom stereocenters. The summed E-state index contributed by atoms with van der Waals surface area (Å²) in [6, 6.07) is 14.2. The van der Waals surface area contributed by atoms with Crippen LogP contribution in [0.25, 0.3) is 0 Å². The lowest BCUT2D eigenvalue weighted by Crippen LogP contribution is -2.05. The molecule has 0 bridgehead atoms. The van der Waals surface area contributed by atoms with Gasteiger partial charge in [0.1, 0.15) is 0 Å². The first-order valence-electron chi connectivity index (χ1n) is 6.16. The summed E-state index contributed by atoms with van der Waals surface area (Å²) in [5.74, 6) is 0.399. The molecule has 0 spiro atoms. The van der Waals surface area contributed by atoms with Gasteiger partial charge in [0.15, 0.2) is 0 Å². The van der Waals surface area contributed by atoms with Crippen molar-refractivity contribution in [2.24, 2.45) is 0 Å². The molecule has 2 aromatic rings. The number of benzene rings is 2. The zero-order valence-electron chi connectivity index (χ0n) is 10.7. The van der Waals surface area contributed by atoms with E-state index < -0.39 is 0 Å². The van der Waals surface area contributed by atoms with Crippen molar-refractivity contribution < 1.29 is 0 Å². The van der Waals surface area contributed by atoms with Crippen LogP contribution in [-0.4, -0.2) is 5.33 Å². The van der Waals surface area contributed by atoms with Gasteiger partial charge in [0.05, 0.1) is 0 Å². The Morgan fingerprint density at radius 2 is 1.89 bits per heavy atom. The maximum absolute atomic E-state index is 6.24. The average molecular weight is 358 g/mol. The van der Waals surface area contributed by atoms with Gasteiger partial charge in [-0.15, -0.1) is 0 Å². The molecule has 0 aliphatic rings. The van der Waals surface area contributed by atoms with E-state index in [4.69, 9.17) is 23.2 Å². The lowest BCUT2D eigenvalue weighted by atomic mass is 9.93. The molecule has 0 aromatic heterocycles. The number of hydrogen-bond donors (Lipinski definition) is 0. The molecule has 1 unspecified atom stereocenters. The van der Waals surface area contributed by atoms with Crippen LogP contribution < -0.4 is 0 Å². The molecule has 0 amide bonds. The van der Waals surface area contributed by atoms with E-state index in [0.717, 1.165) is 27.4 Å². The summed E-state index contributed by atoms with van der Waals surface area (Å²) in [5, 5.41) is 2.42. The third-order valence-corrected chi connectivity index (χ3v) is 4.56. The molecule has 0 heterocycles. The Hall–Kier alpha value is -0.500. The third-order valence-electron chi connectivity index (χ3n) is 3.17. The lowest BCUT2D eigenvalue weighted by molar-refractivity contribution is 0.775.